The Morgan fingerprint density at radius 3 is 1.34 bits per heavy atom. The van der Waals surface area contributed by atoms with Gasteiger partial charge in [-0.1, -0.05) is 39.8 Å². The number of benzene rings is 2. The Bertz CT molecular complexity index is 802. The van der Waals surface area contributed by atoms with E-state index in [1.54, 1.807) is 28.4 Å². The summed E-state index contributed by atoms with van der Waals surface area (Å²) in [6.45, 7) is 8.82. The van der Waals surface area contributed by atoms with Gasteiger partial charge in [0.05, 0.1) is 33.6 Å². The Balaban J connectivity index is 2.68. The summed E-state index contributed by atoms with van der Waals surface area (Å²) < 4.78 is 35.8. The van der Waals surface area contributed by atoms with Crippen molar-refractivity contribution >= 4 is 8.46 Å². The number of ether oxygens (including phenoxy) is 4. The third-order valence-electron chi connectivity index (χ3n) is 6.04. The highest BCUT2D eigenvalue weighted by molar-refractivity contribution is 7.26. The molecule has 0 aromatic heterocycles. The van der Waals surface area contributed by atoms with Crippen LogP contribution in [0.1, 0.15) is 45.2 Å². The molecule has 1 unspecified atom stereocenters. The molecule has 0 radical (unpaired) electrons. The van der Waals surface area contributed by atoms with Gasteiger partial charge in [0.25, 0.3) is 0 Å². The number of hydrogen-bond acceptors (Lipinski definition) is 5. The van der Waals surface area contributed by atoms with Crippen LogP contribution in [0.4, 0.5) is 0 Å². The van der Waals surface area contributed by atoms with E-state index in [-0.39, 0.29) is 19.8 Å². The van der Waals surface area contributed by atoms with Crippen LogP contribution in [-0.4, -0.2) is 33.6 Å². The van der Waals surface area contributed by atoms with Gasteiger partial charge < -0.3 is 18.9 Å². The van der Waals surface area contributed by atoms with Crippen LogP contribution >= 0.6 is 8.46 Å². The summed E-state index contributed by atoms with van der Waals surface area (Å²) in [7, 11) is 6.66. The lowest BCUT2D eigenvalue weighted by Crippen LogP contribution is -2.38. The van der Waals surface area contributed by atoms with Crippen LogP contribution in [0.25, 0.3) is 0 Å². The maximum absolute atomic E-state index is 13.1. The SMILES string of the molecule is COc1cccc(OC)c1CC(Cc1c(OC)cccc1OC)(P=O)C(C)CC(C)(C)C. The molecule has 0 aliphatic rings. The molecule has 0 spiro atoms. The number of rotatable bonds is 11. The van der Waals surface area contributed by atoms with Crippen molar-refractivity contribution in [2.24, 2.45) is 11.3 Å². The molecule has 6 heteroatoms. The second-order valence-electron chi connectivity index (χ2n) is 9.50. The molecule has 2 rings (SSSR count). The van der Waals surface area contributed by atoms with Crippen molar-refractivity contribution in [3.05, 3.63) is 47.5 Å². The Morgan fingerprint density at radius 1 is 0.750 bits per heavy atom. The van der Waals surface area contributed by atoms with Crippen LogP contribution in [0, 0.1) is 11.3 Å². The van der Waals surface area contributed by atoms with Crippen LogP contribution in [0.2, 0.25) is 0 Å². The molecule has 0 N–H and O–H groups in total. The van der Waals surface area contributed by atoms with Crippen LogP contribution in [0.15, 0.2) is 36.4 Å². The summed E-state index contributed by atoms with van der Waals surface area (Å²) in [4.78, 5) is 0. The normalized spacial score (nSPS) is 13.0. The minimum absolute atomic E-state index is 0.0579. The molecule has 0 saturated carbocycles. The first-order chi connectivity index (χ1) is 15.1. The topological polar surface area (TPSA) is 54.0 Å². The van der Waals surface area contributed by atoms with Gasteiger partial charge >= 0.3 is 0 Å². The summed E-state index contributed by atoms with van der Waals surface area (Å²) in [5.74, 6) is 3.03. The second-order valence-corrected chi connectivity index (χ2v) is 10.6. The van der Waals surface area contributed by atoms with E-state index < -0.39 is 5.16 Å². The molecule has 0 aliphatic heterocycles. The van der Waals surface area contributed by atoms with Crippen molar-refractivity contribution in [3.63, 3.8) is 0 Å². The predicted molar refractivity (Wildman–Crippen MR) is 130 cm³/mol. The zero-order valence-corrected chi connectivity index (χ0v) is 21.5. The van der Waals surface area contributed by atoms with Crippen molar-refractivity contribution in [2.75, 3.05) is 28.4 Å². The van der Waals surface area contributed by atoms with E-state index in [1.165, 1.54) is 0 Å². The van der Waals surface area contributed by atoms with Crippen LogP contribution < -0.4 is 18.9 Å². The van der Waals surface area contributed by atoms with Crippen molar-refractivity contribution in [1.29, 1.82) is 0 Å². The molecular weight excluding hydrogens is 423 g/mol. The van der Waals surface area contributed by atoms with Gasteiger partial charge in [0.1, 0.15) is 23.0 Å². The molecule has 0 saturated heterocycles. The predicted octanol–water partition coefficient (Wildman–Crippen LogP) is 6.61. The molecule has 176 valence electrons. The quantitative estimate of drug-likeness (QED) is 0.353. The number of methoxy groups -OCH3 is 4. The van der Waals surface area contributed by atoms with Crippen molar-refractivity contribution in [2.45, 2.75) is 52.1 Å². The molecular formula is C26H37O5P. The Morgan fingerprint density at radius 2 is 1.09 bits per heavy atom. The summed E-state index contributed by atoms with van der Waals surface area (Å²) in [5, 5.41) is -0.628. The summed E-state index contributed by atoms with van der Waals surface area (Å²) in [5.41, 5.74) is 1.90. The Hall–Kier alpha value is -2.26. The first kappa shape index (κ1) is 26.0. The van der Waals surface area contributed by atoms with Gasteiger partial charge in [0.2, 0.25) is 0 Å². The van der Waals surface area contributed by atoms with Gasteiger partial charge in [-0.15, -0.1) is 0 Å². The molecule has 0 heterocycles. The van der Waals surface area contributed by atoms with Gasteiger partial charge in [-0.05, 0) is 54.9 Å². The summed E-state index contributed by atoms with van der Waals surface area (Å²) in [6, 6.07) is 11.5. The summed E-state index contributed by atoms with van der Waals surface area (Å²) in [6.07, 6.45) is 1.94. The lowest BCUT2D eigenvalue weighted by Gasteiger charge is -2.38. The summed E-state index contributed by atoms with van der Waals surface area (Å²) >= 11 is 0. The Kier molecular flexibility index (Phi) is 8.98. The lowest BCUT2D eigenvalue weighted by molar-refractivity contribution is 0.247. The van der Waals surface area contributed by atoms with Crippen LogP contribution in [0.5, 0.6) is 23.0 Å². The fourth-order valence-electron chi connectivity index (χ4n) is 4.49. The van der Waals surface area contributed by atoms with E-state index >= 15 is 0 Å². The minimum Gasteiger partial charge on any atom is -0.496 e. The van der Waals surface area contributed by atoms with Gasteiger partial charge in [-0.25, -0.2) is 0 Å². The van der Waals surface area contributed by atoms with Crippen LogP contribution in [0.3, 0.4) is 0 Å². The first-order valence-electron chi connectivity index (χ1n) is 10.9. The van der Waals surface area contributed by atoms with E-state index in [1.807, 2.05) is 36.4 Å². The van der Waals surface area contributed by atoms with Crippen molar-refractivity contribution in [3.8, 4) is 23.0 Å². The first-order valence-corrected chi connectivity index (χ1v) is 11.7. The molecule has 32 heavy (non-hydrogen) atoms. The smallest absolute Gasteiger partial charge is 0.163 e. The maximum Gasteiger partial charge on any atom is 0.163 e. The fraction of sp³-hybridized carbons (Fsp3) is 0.538. The van der Waals surface area contributed by atoms with E-state index in [4.69, 9.17) is 18.9 Å². The molecule has 2 aromatic rings. The fourth-order valence-corrected chi connectivity index (χ4v) is 5.21. The molecule has 0 aliphatic carbocycles. The van der Waals surface area contributed by atoms with Gasteiger partial charge in [-0.2, -0.15) is 0 Å². The standard InChI is InChI=1S/C26H37O5P/c1-18(15-25(2,3)4)26(32-27,16-19-21(28-5)11-9-12-22(19)29-6)17-20-23(30-7)13-10-14-24(20)31-8/h9-14,18H,15-17H2,1-8H3. The molecule has 0 amide bonds. The monoisotopic (exact) mass is 460 g/mol. The third kappa shape index (κ3) is 5.95. The highest BCUT2D eigenvalue weighted by Gasteiger charge is 2.42. The molecule has 1 atom stereocenters. The van der Waals surface area contributed by atoms with Crippen LogP contribution in [-0.2, 0) is 17.4 Å². The minimum atomic E-state index is -0.628. The second kappa shape index (κ2) is 11.0. The average molecular weight is 461 g/mol. The van der Waals surface area contributed by atoms with E-state index in [0.29, 0.717) is 12.8 Å². The van der Waals surface area contributed by atoms with E-state index in [9.17, 15) is 4.57 Å². The maximum atomic E-state index is 13.1. The van der Waals surface area contributed by atoms with Crippen molar-refractivity contribution in [1.82, 2.24) is 0 Å². The number of hydrogen-bond donors (Lipinski definition) is 0. The molecule has 0 fully saturated rings. The zero-order chi connectivity index (χ0) is 23.9. The molecule has 0 bridgehead atoms. The van der Waals surface area contributed by atoms with Gasteiger partial charge in [0.15, 0.2) is 8.46 Å². The molecule has 2 aromatic carbocycles. The Labute approximate surface area is 194 Å². The largest absolute Gasteiger partial charge is 0.496 e. The van der Waals surface area contributed by atoms with Gasteiger partial charge in [-0.3, -0.25) is 4.57 Å². The van der Waals surface area contributed by atoms with E-state index in [0.717, 1.165) is 40.5 Å². The highest BCUT2D eigenvalue weighted by atomic mass is 31.1. The van der Waals surface area contributed by atoms with E-state index in [2.05, 4.69) is 27.7 Å². The van der Waals surface area contributed by atoms with Gasteiger partial charge in [0, 0.05) is 11.1 Å². The highest BCUT2D eigenvalue weighted by Crippen LogP contribution is 2.48. The third-order valence-corrected chi connectivity index (χ3v) is 7.16. The zero-order valence-electron chi connectivity index (χ0n) is 20.7. The lowest BCUT2D eigenvalue weighted by atomic mass is 9.74. The average Bonchev–Trinajstić information content (AvgIpc) is 2.77. The molecule has 5 nitrogen and oxygen atoms in total. The van der Waals surface area contributed by atoms with Crippen molar-refractivity contribution < 1.29 is 23.5 Å².